The molecule has 114 valence electrons. The summed E-state index contributed by atoms with van der Waals surface area (Å²) in [4.78, 5) is 12.1. The summed E-state index contributed by atoms with van der Waals surface area (Å²) in [5, 5.41) is 3.29. The van der Waals surface area contributed by atoms with E-state index in [1.165, 1.54) is 20.0 Å². The zero-order valence-corrected chi connectivity index (χ0v) is 13.4. The number of methoxy groups -OCH3 is 1. The average molecular weight is 356 g/mol. The molecule has 0 bridgehead atoms. The van der Waals surface area contributed by atoms with E-state index >= 15 is 0 Å². The molecule has 2 aliphatic rings. The average Bonchev–Trinajstić information content (AvgIpc) is 3.31. The molecule has 1 aliphatic carbocycles. The van der Waals surface area contributed by atoms with Crippen molar-refractivity contribution in [3.8, 4) is 11.5 Å². The Morgan fingerprint density at radius 2 is 2.19 bits per heavy atom. The van der Waals surface area contributed by atoms with Gasteiger partial charge in [-0.1, -0.05) is 0 Å². The van der Waals surface area contributed by atoms with E-state index in [2.05, 4.69) is 21.2 Å². The molecule has 0 aromatic heterocycles. The lowest BCUT2D eigenvalue weighted by molar-refractivity contribution is -0.143. The summed E-state index contributed by atoms with van der Waals surface area (Å²) in [6.45, 7) is 1.87. The first-order valence-electron chi connectivity index (χ1n) is 7.09. The van der Waals surface area contributed by atoms with E-state index in [-0.39, 0.29) is 5.97 Å². The number of ether oxygens (including phenoxy) is 3. The lowest BCUT2D eigenvalue weighted by atomic mass is 10.1. The van der Waals surface area contributed by atoms with Crippen molar-refractivity contribution >= 4 is 21.9 Å². The van der Waals surface area contributed by atoms with Crippen LogP contribution in [0.5, 0.6) is 11.5 Å². The summed E-state index contributed by atoms with van der Waals surface area (Å²) in [5.41, 5.74) is 0.818. The Bertz CT molecular complexity index is 545. The standard InChI is InChI=1S/C15H18BrNO4/c1-19-15(18)13(17-8-9-2-3-9)10-6-11(16)14-12(7-10)20-4-5-21-14/h6-7,9,13,17H,2-5,8H2,1H3. The van der Waals surface area contributed by atoms with Gasteiger partial charge in [0.05, 0.1) is 11.6 Å². The number of fused-ring (bicyclic) bond motifs is 1. The first-order chi connectivity index (χ1) is 10.2. The predicted octanol–water partition coefficient (Wildman–Crippen LogP) is 2.43. The Balaban J connectivity index is 1.86. The Labute approximate surface area is 132 Å². The molecule has 1 atom stereocenters. The van der Waals surface area contributed by atoms with Crippen LogP contribution in [-0.2, 0) is 9.53 Å². The van der Waals surface area contributed by atoms with Crippen LogP contribution in [0, 0.1) is 5.92 Å². The Morgan fingerprint density at radius 1 is 1.43 bits per heavy atom. The van der Waals surface area contributed by atoms with E-state index in [4.69, 9.17) is 14.2 Å². The Kier molecular flexibility index (Phi) is 4.35. The van der Waals surface area contributed by atoms with Crippen molar-refractivity contribution in [2.24, 2.45) is 5.92 Å². The van der Waals surface area contributed by atoms with Crippen LogP contribution in [0.25, 0.3) is 0 Å². The van der Waals surface area contributed by atoms with Crippen LogP contribution < -0.4 is 14.8 Å². The van der Waals surface area contributed by atoms with E-state index in [9.17, 15) is 4.79 Å². The number of carbonyl (C=O) groups is 1. The normalized spacial score (nSPS) is 18.2. The third kappa shape index (κ3) is 3.32. The van der Waals surface area contributed by atoms with Gasteiger partial charge in [0.2, 0.25) is 0 Å². The van der Waals surface area contributed by atoms with Crippen molar-refractivity contribution in [2.45, 2.75) is 18.9 Å². The molecule has 3 rings (SSSR count). The summed E-state index contributed by atoms with van der Waals surface area (Å²) < 4.78 is 16.9. The highest BCUT2D eigenvalue weighted by atomic mass is 79.9. The second kappa shape index (κ2) is 6.23. The highest BCUT2D eigenvalue weighted by Gasteiger charge is 2.28. The minimum absolute atomic E-state index is 0.292. The molecule has 1 heterocycles. The topological polar surface area (TPSA) is 56.8 Å². The zero-order chi connectivity index (χ0) is 14.8. The number of esters is 1. The van der Waals surface area contributed by atoms with Gasteiger partial charge < -0.3 is 19.5 Å². The van der Waals surface area contributed by atoms with Gasteiger partial charge in [0.25, 0.3) is 0 Å². The summed E-state index contributed by atoms with van der Waals surface area (Å²) in [6.07, 6.45) is 2.46. The molecule has 1 aromatic carbocycles. The van der Waals surface area contributed by atoms with Gasteiger partial charge in [0.1, 0.15) is 19.3 Å². The zero-order valence-electron chi connectivity index (χ0n) is 11.9. The van der Waals surface area contributed by atoms with Crippen LogP contribution in [0.15, 0.2) is 16.6 Å². The van der Waals surface area contributed by atoms with Crippen molar-refractivity contribution in [2.75, 3.05) is 26.9 Å². The van der Waals surface area contributed by atoms with Crippen LogP contribution in [0.3, 0.4) is 0 Å². The Morgan fingerprint density at radius 3 is 2.90 bits per heavy atom. The quantitative estimate of drug-likeness (QED) is 0.822. The second-order valence-corrected chi connectivity index (χ2v) is 6.19. The van der Waals surface area contributed by atoms with Gasteiger partial charge in [-0.15, -0.1) is 0 Å². The van der Waals surface area contributed by atoms with E-state index in [1.54, 1.807) is 0 Å². The van der Waals surface area contributed by atoms with Crippen LogP contribution >= 0.6 is 15.9 Å². The van der Waals surface area contributed by atoms with Crippen molar-refractivity contribution in [1.29, 1.82) is 0 Å². The van der Waals surface area contributed by atoms with E-state index in [0.717, 1.165) is 16.6 Å². The first-order valence-corrected chi connectivity index (χ1v) is 7.88. The second-order valence-electron chi connectivity index (χ2n) is 5.33. The molecule has 1 fully saturated rings. The fourth-order valence-corrected chi connectivity index (χ4v) is 2.93. The number of hydrogen-bond acceptors (Lipinski definition) is 5. The van der Waals surface area contributed by atoms with E-state index in [0.29, 0.717) is 30.6 Å². The van der Waals surface area contributed by atoms with Crippen LogP contribution in [0.2, 0.25) is 0 Å². The molecule has 0 spiro atoms. The third-order valence-corrected chi connectivity index (χ3v) is 4.29. The maximum absolute atomic E-state index is 12.1. The molecule has 1 unspecified atom stereocenters. The lowest BCUT2D eigenvalue weighted by Gasteiger charge is -2.23. The number of halogens is 1. The first kappa shape index (κ1) is 14.7. The summed E-state index contributed by atoms with van der Waals surface area (Å²) in [5.74, 6) is 1.74. The smallest absolute Gasteiger partial charge is 0.327 e. The van der Waals surface area contributed by atoms with Crippen molar-refractivity contribution < 1.29 is 19.0 Å². The number of hydrogen-bond donors (Lipinski definition) is 1. The molecule has 0 amide bonds. The largest absolute Gasteiger partial charge is 0.486 e. The molecule has 0 saturated heterocycles. The minimum Gasteiger partial charge on any atom is -0.486 e. The van der Waals surface area contributed by atoms with Gasteiger partial charge in [-0.05, 0) is 58.9 Å². The van der Waals surface area contributed by atoms with Crippen LogP contribution in [0.4, 0.5) is 0 Å². The number of benzene rings is 1. The number of carbonyl (C=O) groups excluding carboxylic acids is 1. The molecule has 0 radical (unpaired) electrons. The highest BCUT2D eigenvalue weighted by molar-refractivity contribution is 9.10. The molecule has 1 aliphatic heterocycles. The van der Waals surface area contributed by atoms with E-state index in [1.807, 2.05) is 12.1 Å². The molecule has 1 aromatic rings. The molecular weight excluding hydrogens is 338 g/mol. The maximum atomic E-state index is 12.1. The number of rotatable bonds is 5. The maximum Gasteiger partial charge on any atom is 0.327 e. The SMILES string of the molecule is COC(=O)C(NCC1CC1)c1cc(Br)c2c(c1)OCCO2. The van der Waals surface area contributed by atoms with Gasteiger partial charge in [-0.25, -0.2) is 4.79 Å². The summed E-state index contributed by atoms with van der Waals surface area (Å²) in [6, 6.07) is 3.25. The highest BCUT2D eigenvalue weighted by Crippen LogP contribution is 2.40. The van der Waals surface area contributed by atoms with Gasteiger partial charge in [-0.3, -0.25) is 0 Å². The fourth-order valence-electron chi connectivity index (χ4n) is 2.36. The van der Waals surface area contributed by atoms with Crippen molar-refractivity contribution in [1.82, 2.24) is 5.32 Å². The third-order valence-electron chi connectivity index (χ3n) is 3.70. The lowest BCUT2D eigenvalue weighted by Crippen LogP contribution is -2.31. The molecular formula is C15H18BrNO4. The molecule has 5 nitrogen and oxygen atoms in total. The fraction of sp³-hybridized carbons (Fsp3) is 0.533. The predicted molar refractivity (Wildman–Crippen MR) is 80.6 cm³/mol. The van der Waals surface area contributed by atoms with Gasteiger partial charge >= 0.3 is 5.97 Å². The van der Waals surface area contributed by atoms with Crippen molar-refractivity contribution in [3.63, 3.8) is 0 Å². The monoisotopic (exact) mass is 355 g/mol. The van der Waals surface area contributed by atoms with Crippen LogP contribution in [-0.4, -0.2) is 32.8 Å². The molecule has 1 N–H and O–H groups in total. The van der Waals surface area contributed by atoms with E-state index < -0.39 is 6.04 Å². The van der Waals surface area contributed by atoms with Gasteiger partial charge in [-0.2, -0.15) is 0 Å². The minimum atomic E-state index is -0.484. The van der Waals surface area contributed by atoms with Gasteiger partial charge in [0, 0.05) is 0 Å². The molecule has 1 saturated carbocycles. The van der Waals surface area contributed by atoms with Gasteiger partial charge in [0.15, 0.2) is 11.5 Å². The number of nitrogens with one attached hydrogen (secondary N) is 1. The summed E-state index contributed by atoms with van der Waals surface area (Å²) in [7, 11) is 1.40. The van der Waals surface area contributed by atoms with Crippen LogP contribution in [0.1, 0.15) is 24.4 Å². The Hall–Kier alpha value is -1.27. The molecule has 21 heavy (non-hydrogen) atoms. The van der Waals surface area contributed by atoms with Crippen molar-refractivity contribution in [3.05, 3.63) is 22.2 Å². The molecule has 6 heteroatoms. The summed E-state index contributed by atoms with van der Waals surface area (Å²) >= 11 is 3.48.